The lowest BCUT2D eigenvalue weighted by Crippen LogP contribution is -2.39. The number of halogens is 4. The largest absolute Gasteiger partial charge is 0.411 e. The van der Waals surface area contributed by atoms with Crippen molar-refractivity contribution in [2.24, 2.45) is 5.92 Å². The lowest BCUT2D eigenvalue weighted by Gasteiger charge is -2.22. The van der Waals surface area contributed by atoms with Crippen molar-refractivity contribution >= 4 is 17.3 Å². The van der Waals surface area contributed by atoms with Gasteiger partial charge in [-0.25, -0.2) is 4.68 Å². The van der Waals surface area contributed by atoms with Crippen molar-refractivity contribution in [3.05, 3.63) is 21.6 Å². The zero-order valence-electron chi connectivity index (χ0n) is 11.1. The minimum atomic E-state index is -4.37. The molecule has 1 aliphatic rings. The van der Waals surface area contributed by atoms with E-state index >= 15 is 0 Å². The highest BCUT2D eigenvalue weighted by Gasteiger charge is 2.63. The van der Waals surface area contributed by atoms with Crippen LogP contribution in [-0.4, -0.2) is 21.5 Å². The number of alkyl halides is 3. The Hall–Kier alpha value is -1.24. The molecule has 1 aliphatic carbocycles. The summed E-state index contributed by atoms with van der Waals surface area (Å²) < 4.78 is 39.7. The van der Waals surface area contributed by atoms with E-state index in [1.165, 1.54) is 6.20 Å². The minimum absolute atomic E-state index is 0.0259. The fraction of sp³-hybridized carbons (Fsp3) is 0.667. The van der Waals surface area contributed by atoms with Gasteiger partial charge in [0.1, 0.15) is 10.6 Å². The van der Waals surface area contributed by atoms with Crippen LogP contribution >= 0.6 is 11.6 Å². The van der Waals surface area contributed by atoms with E-state index in [1.54, 1.807) is 0 Å². The highest BCUT2D eigenvalue weighted by molar-refractivity contribution is 6.33. The SMILES string of the molecule is CC(C)Cn1ncc(NC2(C(F)(F)F)CC2)c(Cl)c1=O. The number of nitrogens with zero attached hydrogens (tertiary/aromatic N) is 2. The molecule has 0 unspecified atom stereocenters. The van der Waals surface area contributed by atoms with Crippen LogP contribution in [0.3, 0.4) is 0 Å². The topological polar surface area (TPSA) is 46.9 Å². The number of nitrogens with one attached hydrogen (secondary N) is 1. The van der Waals surface area contributed by atoms with Crippen LogP contribution in [0.2, 0.25) is 5.02 Å². The van der Waals surface area contributed by atoms with E-state index in [2.05, 4.69) is 10.4 Å². The van der Waals surface area contributed by atoms with Crippen LogP contribution in [0.1, 0.15) is 26.7 Å². The summed E-state index contributed by atoms with van der Waals surface area (Å²) in [5.41, 5.74) is -2.61. The Kier molecular flexibility index (Phi) is 3.75. The summed E-state index contributed by atoms with van der Waals surface area (Å²) in [6.07, 6.45) is -3.25. The van der Waals surface area contributed by atoms with Gasteiger partial charge < -0.3 is 5.32 Å². The number of hydrogen-bond acceptors (Lipinski definition) is 3. The summed E-state index contributed by atoms with van der Waals surface area (Å²) in [6.45, 7) is 4.16. The third-order valence-electron chi connectivity index (χ3n) is 3.19. The highest BCUT2D eigenvalue weighted by atomic mass is 35.5. The van der Waals surface area contributed by atoms with E-state index in [0.29, 0.717) is 6.54 Å². The Labute approximate surface area is 118 Å². The van der Waals surface area contributed by atoms with Crippen LogP contribution in [0.25, 0.3) is 0 Å². The summed E-state index contributed by atoms with van der Waals surface area (Å²) in [5, 5.41) is 5.94. The van der Waals surface area contributed by atoms with E-state index < -0.39 is 17.3 Å². The van der Waals surface area contributed by atoms with E-state index in [9.17, 15) is 18.0 Å². The average Bonchev–Trinajstić information content (AvgIpc) is 3.09. The molecule has 1 aromatic heterocycles. The van der Waals surface area contributed by atoms with Crippen molar-refractivity contribution in [2.45, 2.75) is 44.9 Å². The first-order valence-electron chi connectivity index (χ1n) is 6.27. The second-order valence-corrected chi connectivity index (χ2v) is 5.84. The molecular weight excluding hydrogens is 295 g/mol. The zero-order chi connectivity index (χ0) is 15.1. The van der Waals surface area contributed by atoms with Gasteiger partial charge in [0.15, 0.2) is 0 Å². The summed E-state index contributed by atoms with van der Waals surface area (Å²) >= 11 is 5.86. The number of aromatic nitrogens is 2. The van der Waals surface area contributed by atoms with Crippen molar-refractivity contribution in [3.8, 4) is 0 Å². The molecule has 0 aliphatic heterocycles. The van der Waals surface area contributed by atoms with Gasteiger partial charge in [-0.1, -0.05) is 25.4 Å². The van der Waals surface area contributed by atoms with Gasteiger partial charge >= 0.3 is 6.18 Å². The lowest BCUT2D eigenvalue weighted by atomic mass is 10.2. The summed E-state index contributed by atoms with van der Waals surface area (Å²) in [7, 11) is 0. The van der Waals surface area contributed by atoms with Crippen LogP contribution in [0, 0.1) is 5.92 Å². The molecule has 0 aromatic carbocycles. The molecule has 112 valence electrons. The van der Waals surface area contributed by atoms with Crippen LogP contribution < -0.4 is 10.9 Å². The van der Waals surface area contributed by atoms with Gasteiger partial charge in [0.2, 0.25) is 0 Å². The molecule has 1 heterocycles. The summed E-state index contributed by atoms with van der Waals surface area (Å²) in [6, 6.07) is 0. The Morgan fingerprint density at radius 2 is 2.10 bits per heavy atom. The first-order chi connectivity index (χ1) is 9.16. The zero-order valence-corrected chi connectivity index (χ0v) is 11.8. The molecule has 20 heavy (non-hydrogen) atoms. The normalized spacial score (nSPS) is 17.4. The molecule has 0 amide bonds. The maximum absolute atomic E-state index is 12.9. The number of hydrogen-bond donors (Lipinski definition) is 1. The van der Waals surface area contributed by atoms with E-state index in [1.807, 2.05) is 13.8 Å². The van der Waals surface area contributed by atoms with E-state index in [4.69, 9.17) is 11.6 Å². The van der Waals surface area contributed by atoms with E-state index in [-0.39, 0.29) is 29.5 Å². The highest BCUT2D eigenvalue weighted by Crippen LogP contribution is 2.51. The Balaban J connectivity index is 2.27. The van der Waals surface area contributed by atoms with Gasteiger partial charge in [-0.2, -0.15) is 18.3 Å². The second kappa shape index (κ2) is 4.95. The molecule has 1 fully saturated rings. The molecule has 0 atom stereocenters. The smallest absolute Gasteiger partial charge is 0.369 e. The standard InChI is InChI=1S/C12H15ClF3N3O/c1-7(2)6-19-10(20)9(13)8(5-17-19)18-11(3-4-11)12(14,15)16/h5,7,18H,3-4,6H2,1-2H3. The lowest BCUT2D eigenvalue weighted by molar-refractivity contribution is -0.151. The van der Waals surface area contributed by atoms with Crippen LogP contribution in [0.15, 0.2) is 11.0 Å². The molecule has 8 heteroatoms. The third kappa shape index (κ3) is 2.77. The minimum Gasteiger partial charge on any atom is -0.369 e. The van der Waals surface area contributed by atoms with Crippen molar-refractivity contribution in [3.63, 3.8) is 0 Å². The quantitative estimate of drug-likeness (QED) is 0.930. The number of anilines is 1. The molecule has 0 radical (unpaired) electrons. The first-order valence-corrected chi connectivity index (χ1v) is 6.64. The fourth-order valence-electron chi connectivity index (χ4n) is 1.89. The van der Waals surface area contributed by atoms with Crippen LogP contribution in [0.4, 0.5) is 18.9 Å². The fourth-order valence-corrected chi connectivity index (χ4v) is 2.08. The molecule has 1 aromatic rings. The monoisotopic (exact) mass is 309 g/mol. The van der Waals surface area contributed by atoms with Crippen molar-refractivity contribution in [1.82, 2.24) is 9.78 Å². The second-order valence-electron chi connectivity index (χ2n) is 5.46. The first kappa shape index (κ1) is 15.2. The molecule has 1 N–H and O–H groups in total. The Morgan fingerprint density at radius 3 is 2.55 bits per heavy atom. The number of rotatable bonds is 4. The maximum atomic E-state index is 12.9. The van der Waals surface area contributed by atoms with Crippen LogP contribution in [0.5, 0.6) is 0 Å². The van der Waals surface area contributed by atoms with Gasteiger partial charge in [0.05, 0.1) is 11.9 Å². The van der Waals surface area contributed by atoms with Crippen molar-refractivity contribution in [1.29, 1.82) is 0 Å². The molecule has 4 nitrogen and oxygen atoms in total. The van der Waals surface area contributed by atoms with Crippen LogP contribution in [-0.2, 0) is 6.54 Å². The summed E-state index contributed by atoms with van der Waals surface area (Å²) in [5.74, 6) is 0.181. The van der Waals surface area contributed by atoms with E-state index in [0.717, 1.165) is 4.68 Å². The molecule has 2 rings (SSSR count). The van der Waals surface area contributed by atoms with Crippen molar-refractivity contribution < 1.29 is 13.2 Å². The summed E-state index contributed by atoms with van der Waals surface area (Å²) in [4.78, 5) is 11.9. The maximum Gasteiger partial charge on any atom is 0.411 e. The van der Waals surface area contributed by atoms with Crippen molar-refractivity contribution in [2.75, 3.05) is 5.32 Å². The average molecular weight is 310 g/mol. The predicted octanol–water partition coefficient (Wildman–Crippen LogP) is 3.06. The van der Waals surface area contributed by atoms with Gasteiger partial charge in [0, 0.05) is 6.54 Å². The van der Waals surface area contributed by atoms with Gasteiger partial charge in [0.25, 0.3) is 5.56 Å². The van der Waals surface area contributed by atoms with Gasteiger partial charge in [-0.05, 0) is 18.8 Å². The Bertz CT molecular complexity index is 564. The molecular formula is C12H15ClF3N3O. The molecule has 0 spiro atoms. The van der Waals surface area contributed by atoms with Gasteiger partial charge in [-0.3, -0.25) is 4.79 Å². The molecule has 0 saturated heterocycles. The predicted molar refractivity (Wildman–Crippen MR) is 70.0 cm³/mol. The van der Waals surface area contributed by atoms with Gasteiger partial charge in [-0.15, -0.1) is 0 Å². The molecule has 0 bridgehead atoms. The molecule has 1 saturated carbocycles. The Morgan fingerprint density at radius 1 is 1.50 bits per heavy atom. The third-order valence-corrected chi connectivity index (χ3v) is 3.55.